The number of hydrogen-bond acceptors (Lipinski definition) is 3. The van der Waals surface area contributed by atoms with Gasteiger partial charge < -0.3 is 9.47 Å². The van der Waals surface area contributed by atoms with Gasteiger partial charge in [0.05, 0.1) is 12.8 Å². The molecule has 0 radical (unpaired) electrons. The number of fused-ring (bicyclic) bond motifs is 1. The van der Waals surface area contributed by atoms with Crippen LogP contribution < -0.4 is 10.1 Å². The highest BCUT2D eigenvalue weighted by atomic mass is 19.4. The highest BCUT2D eigenvalue weighted by Crippen LogP contribution is 2.48. The quantitative estimate of drug-likeness (QED) is 0.844. The summed E-state index contributed by atoms with van der Waals surface area (Å²) < 4.78 is 50.6. The molecule has 0 saturated carbocycles. The van der Waals surface area contributed by atoms with E-state index in [1.807, 2.05) is 0 Å². The molecule has 1 atom stereocenters. The summed E-state index contributed by atoms with van der Waals surface area (Å²) in [6.07, 6.45) is -5.21. The minimum absolute atomic E-state index is 0.000161. The summed E-state index contributed by atoms with van der Waals surface area (Å²) in [7, 11) is 1.34. The number of benzene rings is 1. The third-order valence-electron chi connectivity index (χ3n) is 3.13. The molecule has 0 spiro atoms. The van der Waals surface area contributed by atoms with Crippen molar-refractivity contribution in [3.05, 3.63) is 23.8 Å². The van der Waals surface area contributed by atoms with Crippen molar-refractivity contribution in [1.29, 1.82) is 0 Å². The van der Waals surface area contributed by atoms with Gasteiger partial charge in [0, 0.05) is 12.0 Å². The lowest BCUT2D eigenvalue weighted by Crippen LogP contribution is -2.49. The standard InChI is InChI=1S/C15H14F3NO3/c1-3-4-5-8-14(15(16,17)18)11-9-10(21-2)6-7-12(11)19-13(20)22-14/h6-7,9H,3-4H2,1-2H3,(H,19,20). The Balaban J connectivity index is 2.69. The summed E-state index contributed by atoms with van der Waals surface area (Å²) in [6, 6.07) is 3.95. The average molecular weight is 313 g/mol. The second-order valence-corrected chi connectivity index (χ2v) is 4.66. The Labute approximate surface area is 125 Å². The van der Waals surface area contributed by atoms with Crippen molar-refractivity contribution in [2.75, 3.05) is 12.4 Å². The van der Waals surface area contributed by atoms with Crippen LogP contribution in [0.1, 0.15) is 25.3 Å². The first-order valence-electron chi connectivity index (χ1n) is 6.59. The van der Waals surface area contributed by atoms with Gasteiger partial charge in [-0.2, -0.15) is 13.2 Å². The third-order valence-corrected chi connectivity index (χ3v) is 3.13. The Morgan fingerprint density at radius 3 is 2.73 bits per heavy atom. The zero-order valence-electron chi connectivity index (χ0n) is 12.0. The molecule has 1 heterocycles. The summed E-state index contributed by atoms with van der Waals surface area (Å²) >= 11 is 0. The van der Waals surface area contributed by atoms with E-state index in [9.17, 15) is 18.0 Å². The number of halogens is 3. The fourth-order valence-electron chi connectivity index (χ4n) is 2.07. The second-order valence-electron chi connectivity index (χ2n) is 4.66. The first-order valence-corrected chi connectivity index (χ1v) is 6.59. The minimum atomic E-state index is -4.88. The molecule has 0 bridgehead atoms. The number of carbonyl (C=O) groups is 1. The van der Waals surface area contributed by atoms with Crippen LogP contribution in [0.3, 0.4) is 0 Å². The fourth-order valence-corrected chi connectivity index (χ4v) is 2.07. The number of methoxy groups -OCH3 is 1. The zero-order valence-corrected chi connectivity index (χ0v) is 12.0. The van der Waals surface area contributed by atoms with E-state index in [2.05, 4.69) is 21.9 Å². The molecular formula is C15H14F3NO3. The summed E-state index contributed by atoms with van der Waals surface area (Å²) in [5, 5.41) is 2.24. The molecule has 0 aliphatic carbocycles. The fraction of sp³-hybridized carbons (Fsp3) is 0.400. The molecule has 7 heteroatoms. The summed E-state index contributed by atoms with van der Waals surface area (Å²) in [6.45, 7) is 1.79. The van der Waals surface area contributed by atoms with Gasteiger partial charge in [0.15, 0.2) is 0 Å². The Hall–Kier alpha value is -2.36. The van der Waals surface area contributed by atoms with Crippen molar-refractivity contribution >= 4 is 11.8 Å². The first kappa shape index (κ1) is 16.0. The van der Waals surface area contributed by atoms with Gasteiger partial charge in [0.25, 0.3) is 5.60 Å². The Morgan fingerprint density at radius 2 is 2.14 bits per heavy atom. The normalized spacial score (nSPS) is 20.1. The number of cyclic esters (lactones) is 1. The molecule has 1 aromatic carbocycles. The lowest BCUT2D eigenvalue weighted by atomic mass is 9.90. The Bertz CT molecular complexity index is 646. The predicted molar refractivity (Wildman–Crippen MR) is 73.5 cm³/mol. The van der Waals surface area contributed by atoms with Gasteiger partial charge in [-0.05, 0) is 30.5 Å². The lowest BCUT2D eigenvalue weighted by Gasteiger charge is -2.35. The summed E-state index contributed by atoms with van der Waals surface area (Å²) in [4.78, 5) is 11.5. The third kappa shape index (κ3) is 2.69. The van der Waals surface area contributed by atoms with Gasteiger partial charge in [0.2, 0.25) is 0 Å². The van der Waals surface area contributed by atoms with Gasteiger partial charge in [0.1, 0.15) is 5.75 Å². The number of carbonyl (C=O) groups excluding carboxylic acids is 1. The maximum Gasteiger partial charge on any atom is 0.445 e. The topological polar surface area (TPSA) is 47.6 Å². The molecule has 1 unspecified atom stereocenters. The van der Waals surface area contributed by atoms with Crippen LogP contribution in [0.15, 0.2) is 18.2 Å². The highest BCUT2D eigenvalue weighted by Gasteiger charge is 2.62. The Morgan fingerprint density at radius 1 is 1.41 bits per heavy atom. The van der Waals surface area contributed by atoms with Crippen molar-refractivity contribution in [2.24, 2.45) is 0 Å². The van der Waals surface area contributed by atoms with E-state index in [4.69, 9.17) is 4.74 Å². The molecule has 118 valence electrons. The molecule has 22 heavy (non-hydrogen) atoms. The van der Waals surface area contributed by atoms with Crippen LogP contribution in [-0.4, -0.2) is 19.4 Å². The number of anilines is 1. The smallest absolute Gasteiger partial charge is 0.445 e. The van der Waals surface area contributed by atoms with Gasteiger partial charge in [-0.3, -0.25) is 5.32 Å². The molecule has 0 fully saturated rings. The SMILES string of the molecule is CCCC#CC1(C(F)(F)F)OC(=O)Nc2ccc(OC)cc21. The molecule has 1 amide bonds. The number of alkyl halides is 3. The molecule has 1 aliphatic rings. The number of rotatable bonds is 2. The molecule has 1 aromatic rings. The predicted octanol–water partition coefficient (Wildman–Crippen LogP) is 3.82. The van der Waals surface area contributed by atoms with Crippen LogP contribution in [0.25, 0.3) is 0 Å². The molecular weight excluding hydrogens is 299 g/mol. The summed E-state index contributed by atoms with van der Waals surface area (Å²) in [5.41, 5.74) is -3.28. The van der Waals surface area contributed by atoms with E-state index in [0.29, 0.717) is 6.42 Å². The average Bonchev–Trinajstić information content (AvgIpc) is 2.45. The van der Waals surface area contributed by atoms with Crippen LogP contribution in [-0.2, 0) is 10.3 Å². The zero-order chi connectivity index (χ0) is 16.4. The van der Waals surface area contributed by atoms with Crippen molar-refractivity contribution in [3.63, 3.8) is 0 Å². The summed E-state index contributed by atoms with van der Waals surface area (Å²) in [5.74, 6) is 4.75. The Kier molecular flexibility index (Phi) is 4.22. The molecule has 1 aliphatic heterocycles. The van der Waals surface area contributed by atoms with E-state index in [1.54, 1.807) is 6.92 Å². The maximum atomic E-state index is 13.7. The van der Waals surface area contributed by atoms with Crippen molar-refractivity contribution < 1.29 is 27.4 Å². The van der Waals surface area contributed by atoms with Crippen LogP contribution in [0.2, 0.25) is 0 Å². The monoisotopic (exact) mass is 313 g/mol. The van der Waals surface area contributed by atoms with Gasteiger partial charge >= 0.3 is 12.3 Å². The molecule has 0 aromatic heterocycles. The largest absolute Gasteiger partial charge is 0.497 e. The van der Waals surface area contributed by atoms with Gasteiger partial charge in [-0.25, -0.2) is 4.79 Å². The van der Waals surface area contributed by atoms with E-state index in [1.165, 1.54) is 25.3 Å². The number of ether oxygens (including phenoxy) is 2. The maximum absolute atomic E-state index is 13.7. The van der Waals surface area contributed by atoms with E-state index >= 15 is 0 Å². The minimum Gasteiger partial charge on any atom is -0.497 e. The van der Waals surface area contributed by atoms with Gasteiger partial charge in [-0.15, -0.1) is 0 Å². The number of amides is 1. The molecule has 4 nitrogen and oxygen atoms in total. The van der Waals surface area contributed by atoms with Crippen LogP contribution in [0, 0.1) is 11.8 Å². The van der Waals surface area contributed by atoms with Crippen LogP contribution >= 0.6 is 0 Å². The van der Waals surface area contributed by atoms with Crippen LogP contribution in [0.4, 0.5) is 23.7 Å². The number of unbranched alkanes of at least 4 members (excludes halogenated alkanes) is 1. The molecule has 2 rings (SSSR count). The van der Waals surface area contributed by atoms with E-state index in [-0.39, 0.29) is 23.4 Å². The van der Waals surface area contributed by atoms with Gasteiger partial charge in [-0.1, -0.05) is 12.8 Å². The van der Waals surface area contributed by atoms with Crippen molar-refractivity contribution in [1.82, 2.24) is 0 Å². The number of nitrogens with one attached hydrogen (secondary N) is 1. The van der Waals surface area contributed by atoms with Crippen molar-refractivity contribution in [2.45, 2.75) is 31.5 Å². The molecule has 0 saturated heterocycles. The second kappa shape index (κ2) is 5.79. The first-order chi connectivity index (χ1) is 10.3. The van der Waals surface area contributed by atoms with Crippen LogP contribution in [0.5, 0.6) is 5.75 Å². The highest BCUT2D eigenvalue weighted by molar-refractivity contribution is 5.90. The van der Waals surface area contributed by atoms with E-state index in [0.717, 1.165) is 0 Å². The van der Waals surface area contributed by atoms with Crippen molar-refractivity contribution in [3.8, 4) is 17.6 Å². The lowest BCUT2D eigenvalue weighted by molar-refractivity contribution is -0.239. The van der Waals surface area contributed by atoms with E-state index < -0.39 is 17.9 Å². The molecule has 1 N–H and O–H groups in total. The number of hydrogen-bond donors (Lipinski definition) is 1.